The first-order chi connectivity index (χ1) is 23.0. The van der Waals surface area contributed by atoms with Crippen molar-refractivity contribution in [3.05, 3.63) is 121 Å². The van der Waals surface area contributed by atoms with Crippen LogP contribution in [-0.2, 0) is 4.89 Å². The molecule has 0 fully saturated rings. The summed E-state index contributed by atoms with van der Waals surface area (Å²) in [7, 11) is -0.580. The van der Waals surface area contributed by atoms with Gasteiger partial charge in [-0.05, 0) is 68.9 Å². The Bertz CT molecular complexity index is 993. The second-order valence-electron chi connectivity index (χ2n) is 11.2. The Morgan fingerprint density at radius 3 is 1.51 bits per heavy atom. The van der Waals surface area contributed by atoms with Crippen LogP contribution in [0.15, 0.2) is 121 Å². The van der Waals surface area contributed by atoms with E-state index in [0.29, 0.717) is 5.92 Å². The topological polar surface area (TPSA) is 61.7 Å². The van der Waals surface area contributed by atoms with Gasteiger partial charge >= 0.3 is 0 Å². The van der Waals surface area contributed by atoms with Crippen molar-refractivity contribution in [2.75, 3.05) is 6.16 Å². The number of rotatable bonds is 12. The average molecular weight is 667 g/mol. The smallest absolute Gasteiger partial charge is 0.0966 e. The second-order valence-corrected chi connectivity index (χ2v) is 13.8. The lowest BCUT2D eigenvalue weighted by molar-refractivity contribution is -0.274. The molecule has 1 aliphatic carbocycles. The van der Waals surface area contributed by atoms with Gasteiger partial charge in [-0.15, -0.1) is 0 Å². The molecule has 0 heterocycles. The van der Waals surface area contributed by atoms with E-state index in [9.17, 15) is 0 Å². The third-order valence-electron chi connectivity index (χ3n) is 7.01. The first-order valence-electron chi connectivity index (χ1n) is 18.0. The fourth-order valence-corrected chi connectivity index (χ4v) is 6.82. The van der Waals surface area contributed by atoms with Crippen LogP contribution in [0, 0.1) is 5.92 Å². The number of hydrogen-bond donors (Lipinski definition) is 3. The highest BCUT2D eigenvalue weighted by atomic mass is 31.1. The Hall–Kier alpha value is -2.75. The van der Waals surface area contributed by atoms with E-state index in [2.05, 4.69) is 112 Å². The van der Waals surface area contributed by atoms with Crippen LogP contribution in [0.4, 0.5) is 0 Å². The van der Waals surface area contributed by atoms with Gasteiger partial charge in [-0.3, -0.25) is 15.9 Å². The summed E-state index contributed by atoms with van der Waals surface area (Å²) in [6.07, 6.45) is 18.4. The van der Waals surface area contributed by atoms with Gasteiger partial charge in [0.05, 0.1) is 36.5 Å². The molecule has 0 aromatic heterocycles. The Morgan fingerprint density at radius 2 is 1.19 bits per heavy atom. The quantitative estimate of drug-likeness (QED) is 0.0779. The van der Waals surface area contributed by atoms with E-state index >= 15 is 0 Å². The van der Waals surface area contributed by atoms with Gasteiger partial charge in [0.15, 0.2) is 0 Å². The maximum atomic E-state index is 8.41. The summed E-state index contributed by atoms with van der Waals surface area (Å²) in [5.74, 6) is 0.613. The highest BCUT2D eigenvalue weighted by Gasteiger charge is 2.21. The third-order valence-corrected chi connectivity index (χ3v) is 9.92. The number of hydrogen-bond acceptors (Lipinski definition) is 4. The molecule has 0 saturated heterocycles. The van der Waals surface area contributed by atoms with E-state index in [1.54, 1.807) is 10.6 Å². The molecule has 0 saturated carbocycles. The van der Waals surface area contributed by atoms with Gasteiger partial charge in [-0.1, -0.05) is 166 Å². The van der Waals surface area contributed by atoms with Gasteiger partial charge in [0, 0.05) is 0 Å². The summed E-state index contributed by atoms with van der Waals surface area (Å²) >= 11 is 0. The van der Waals surface area contributed by atoms with Crippen LogP contribution in [0.3, 0.4) is 0 Å². The van der Waals surface area contributed by atoms with Gasteiger partial charge in [0.25, 0.3) is 0 Å². The lowest BCUT2D eigenvalue weighted by Crippen LogP contribution is -2.13. The molecule has 2 atom stereocenters. The molecule has 0 spiro atoms. The summed E-state index contributed by atoms with van der Waals surface area (Å²) < 4.78 is 0. The minimum atomic E-state index is -0.580. The zero-order valence-corrected chi connectivity index (χ0v) is 32.0. The van der Waals surface area contributed by atoms with Crippen LogP contribution >= 0.6 is 7.92 Å². The molecule has 0 aliphatic heterocycles. The normalized spacial score (nSPS) is 13.2. The lowest BCUT2D eigenvalue weighted by Gasteiger charge is -2.10. The van der Waals surface area contributed by atoms with Crippen molar-refractivity contribution in [3.63, 3.8) is 0 Å². The fourth-order valence-electron chi connectivity index (χ4n) is 4.12. The third kappa shape index (κ3) is 28.0. The Labute approximate surface area is 291 Å². The number of benzene rings is 3. The number of unbranched alkanes of at least 4 members (excludes halogenated alkanes) is 4. The summed E-state index contributed by atoms with van der Waals surface area (Å²) in [5.41, 5.74) is 2.90. The van der Waals surface area contributed by atoms with E-state index in [-0.39, 0.29) is 6.10 Å². The van der Waals surface area contributed by atoms with Crippen molar-refractivity contribution in [1.82, 2.24) is 5.48 Å². The first-order valence-corrected chi connectivity index (χ1v) is 19.7. The highest BCUT2D eigenvalue weighted by Crippen LogP contribution is 2.34. The predicted molar refractivity (Wildman–Crippen MR) is 212 cm³/mol. The van der Waals surface area contributed by atoms with Crippen molar-refractivity contribution in [2.45, 2.75) is 119 Å². The Morgan fingerprint density at radius 1 is 0.723 bits per heavy atom. The van der Waals surface area contributed by atoms with E-state index in [4.69, 9.17) is 10.5 Å². The molecule has 5 heteroatoms. The molecule has 3 N–H and O–H groups in total. The predicted octanol–water partition coefficient (Wildman–Crippen LogP) is 12.1. The zero-order chi connectivity index (χ0) is 35.4. The number of hydroxylamine groups is 1. The molecule has 1 aliphatic rings. The Kier molecular flexibility index (Phi) is 35.6. The van der Waals surface area contributed by atoms with Gasteiger partial charge < -0.3 is 0 Å². The lowest BCUT2D eigenvalue weighted by atomic mass is 10.0. The molecule has 3 aromatic rings. The Balaban J connectivity index is 0. The molecule has 264 valence electrons. The number of allylic oxidation sites excluding steroid dienone is 3. The SMILES string of the molecule is CC.CC1C=CC(NO)=CC1.CCCC.CCCCCC[PH+](c1ccccc1)c1ccccc1.CCC[C@H](C)OO.c1ccccc1. The van der Waals surface area contributed by atoms with Crippen LogP contribution in [-0.4, -0.2) is 22.7 Å². The van der Waals surface area contributed by atoms with E-state index in [1.165, 1.54) is 44.7 Å². The van der Waals surface area contributed by atoms with Crippen molar-refractivity contribution in [2.24, 2.45) is 5.92 Å². The average Bonchev–Trinajstić information content (AvgIpc) is 3.15. The van der Waals surface area contributed by atoms with E-state index < -0.39 is 7.92 Å². The molecule has 4 nitrogen and oxygen atoms in total. The maximum Gasteiger partial charge on any atom is 0.0966 e. The van der Waals surface area contributed by atoms with Crippen molar-refractivity contribution < 1.29 is 15.4 Å². The van der Waals surface area contributed by atoms with Crippen LogP contribution in [0.2, 0.25) is 0 Å². The largest absolute Gasteiger partial charge is 0.291 e. The maximum absolute atomic E-state index is 8.41. The summed E-state index contributed by atoms with van der Waals surface area (Å²) in [4.78, 5) is 3.99. The molecular formula is C42H69NO3P+. The fraction of sp³-hybridized carbons (Fsp3) is 0.476. The molecule has 1 unspecified atom stereocenters. The van der Waals surface area contributed by atoms with Gasteiger partial charge in [-0.25, -0.2) is 4.89 Å². The monoisotopic (exact) mass is 667 g/mol. The minimum absolute atomic E-state index is 0.00463. The summed E-state index contributed by atoms with van der Waals surface area (Å²) in [5, 5.41) is 19.5. The number of nitrogens with one attached hydrogen (secondary N) is 1. The van der Waals surface area contributed by atoms with E-state index in [1.807, 2.05) is 69.3 Å². The van der Waals surface area contributed by atoms with Crippen LogP contribution in [0.1, 0.15) is 113 Å². The van der Waals surface area contributed by atoms with Crippen molar-refractivity contribution in [1.29, 1.82) is 0 Å². The van der Waals surface area contributed by atoms with Gasteiger partial charge in [0.2, 0.25) is 0 Å². The molecule has 3 aromatic carbocycles. The summed E-state index contributed by atoms with van der Waals surface area (Å²) in [6.45, 7) is 16.7. The summed E-state index contributed by atoms with van der Waals surface area (Å²) in [6, 6.07) is 34.2. The van der Waals surface area contributed by atoms with Crippen LogP contribution in [0.25, 0.3) is 0 Å². The first kappa shape index (κ1) is 46.4. The van der Waals surface area contributed by atoms with Crippen LogP contribution in [0.5, 0.6) is 0 Å². The van der Waals surface area contributed by atoms with Crippen molar-refractivity contribution >= 4 is 18.5 Å². The zero-order valence-electron chi connectivity index (χ0n) is 31.0. The van der Waals surface area contributed by atoms with Gasteiger partial charge in [-0.2, -0.15) is 0 Å². The molecule has 47 heavy (non-hydrogen) atoms. The van der Waals surface area contributed by atoms with Crippen molar-refractivity contribution in [3.8, 4) is 0 Å². The molecule has 0 bridgehead atoms. The molecule has 4 rings (SSSR count). The van der Waals surface area contributed by atoms with Gasteiger partial charge in [0.1, 0.15) is 0 Å². The standard InChI is InChI=1S/C18H23P.C7H11NO.C6H6.C5H12O2.C4H10.C2H6/c1-2-3-4-11-16-19(17-12-7-5-8-13-17)18-14-9-6-10-15-18;1-6-2-4-7(8-9)5-3-6;1-2-4-6-5-3-1;1-3-4-5(2)7-6;1-3-4-2;1-2/h5-10,12-15H,2-4,11,16H2,1H3;2,4-6,8-9H,3H2,1H3;1-6H;5-6H,3-4H2,1-2H3;3-4H2,1-2H3;1-2H3/p+1/t;;;5-;;/m...0../s1. The highest BCUT2D eigenvalue weighted by molar-refractivity contribution is 7.73. The second kappa shape index (κ2) is 36.1. The van der Waals surface area contributed by atoms with Crippen LogP contribution < -0.4 is 16.1 Å². The molecule has 0 radical (unpaired) electrons. The molecular weight excluding hydrogens is 597 g/mol. The van der Waals surface area contributed by atoms with E-state index in [0.717, 1.165) is 25.0 Å². The molecule has 0 amide bonds. The minimum Gasteiger partial charge on any atom is -0.291 e.